The normalized spacial score (nSPS) is 10.4. The standard InChI is InChI=1S/C15H15BrN2O3S/c1-8-4-5-12(11(16)6-8)21-7-13(20)18-15-17-9(2)14(22-15)10(3)19/h4-6H,7H2,1-3H3,(H,17,18,20). The maximum Gasteiger partial charge on any atom is 0.264 e. The molecule has 7 heteroatoms. The molecule has 1 aromatic carbocycles. The molecule has 5 nitrogen and oxygen atoms in total. The van der Waals surface area contributed by atoms with Crippen LogP contribution >= 0.6 is 27.3 Å². The molecule has 0 fully saturated rings. The predicted octanol–water partition coefficient (Wildman–Crippen LogP) is 3.74. The first-order valence-electron chi connectivity index (χ1n) is 6.54. The molecule has 0 aliphatic rings. The number of carbonyl (C=O) groups is 2. The van der Waals surface area contributed by atoms with E-state index in [-0.39, 0.29) is 18.3 Å². The van der Waals surface area contributed by atoms with Crippen LogP contribution in [0.2, 0.25) is 0 Å². The minimum Gasteiger partial charge on any atom is -0.483 e. The van der Waals surface area contributed by atoms with Gasteiger partial charge in [0.25, 0.3) is 5.91 Å². The van der Waals surface area contributed by atoms with Gasteiger partial charge in [-0.05, 0) is 47.5 Å². The number of ketones is 1. The summed E-state index contributed by atoms with van der Waals surface area (Å²) < 4.78 is 6.26. The van der Waals surface area contributed by atoms with Gasteiger partial charge in [0.15, 0.2) is 17.5 Å². The van der Waals surface area contributed by atoms with E-state index in [0.717, 1.165) is 10.0 Å². The molecular weight excluding hydrogens is 368 g/mol. The Kier molecular flexibility index (Phi) is 5.31. The van der Waals surface area contributed by atoms with E-state index in [9.17, 15) is 9.59 Å². The average molecular weight is 383 g/mol. The van der Waals surface area contributed by atoms with Gasteiger partial charge < -0.3 is 4.74 Å². The number of hydrogen-bond donors (Lipinski definition) is 1. The van der Waals surface area contributed by atoms with Gasteiger partial charge in [0, 0.05) is 6.92 Å². The van der Waals surface area contributed by atoms with Crippen molar-refractivity contribution in [1.82, 2.24) is 4.98 Å². The second kappa shape index (κ2) is 7.02. The zero-order valence-electron chi connectivity index (χ0n) is 12.4. The zero-order valence-corrected chi connectivity index (χ0v) is 14.8. The summed E-state index contributed by atoms with van der Waals surface area (Å²) in [7, 11) is 0. The number of amides is 1. The number of nitrogens with one attached hydrogen (secondary N) is 1. The number of aromatic nitrogens is 1. The maximum atomic E-state index is 11.9. The molecule has 0 atom stereocenters. The minimum atomic E-state index is -0.323. The van der Waals surface area contributed by atoms with E-state index in [0.29, 0.717) is 21.5 Å². The lowest BCUT2D eigenvalue weighted by atomic mass is 10.2. The third kappa shape index (κ3) is 4.14. The van der Waals surface area contributed by atoms with Crippen LogP contribution < -0.4 is 10.1 Å². The summed E-state index contributed by atoms with van der Waals surface area (Å²) in [6, 6.07) is 5.62. The Balaban J connectivity index is 1.96. The van der Waals surface area contributed by atoms with Gasteiger partial charge in [-0.15, -0.1) is 0 Å². The molecule has 0 saturated carbocycles. The molecule has 0 aliphatic heterocycles. The fraction of sp³-hybridized carbons (Fsp3) is 0.267. The van der Waals surface area contributed by atoms with E-state index >= 15 is 0 Å². The van der Waals surface area contributed by atoms with Crippen LogP contribution in [-0.2, 0) is 4.79 Å². The van der Waals surface area contributed by atoms with E-state index < -0.39 is 0 Å². The van der Waals surface area contributed by atoms with Crippen LogP contribution in [-0.4, -0.2) is 23.3 Å². The van der Waals surface area contributed by atoms with Gasteiger partial charge >= 0.3 is 0 Å². The van der Waals surface area contributed by atoms with E-state index in [1.165, 1.54) is 18.3 Å². The molecule has 0 spiro atoms. The van der Waals surface area contributed by atoms with Gasteiger partial charge in [0.2, 0.25) is 0 Å². The van der Waals surface area contributed by atoms with Crippen molar-refractivity contribution in [3.63, 3.8) is 0 Å². The van der Waals surface area contributed by atoms with Crippen molar-refractivity contribution in [2.45, 2.75) is 20.8 Å². The van der Waals surface area contributed by atoms with Crippen molar-refractivity contribution in [2.24, 2.45) is 0 Å². The molecule has 1 heterocycles. The van der Waals surface area contributed by atoms with Crippen molar-refractivity contribution >= 4 is 44.1 Å². The number of carbonyl (C=O) groups excluding carboxylic acids is 2. The quantitative estimate of drug-likeness (QED) is 0.799. The number of anilines is 1. The molecule has 1 N–H and O–H groups in total. The van der Waals surface area contributed by atoms with Crippen LogP contribution in [0.15, 0.2) is 22.7 Å². The summed E-state index contributed by atoms with van der Waals surface area (Å²) in [6.45, 7) is 5.06. The molecule has 0 saturated heterocycles. The number of benzene rings is 1. The highest BCUT2D eigenvalue weighted by Crippen LogP contribution is 2.26. The first-order chi connectivity index (χ1) is 10.4. The van der Waals surface area contributed by atoms with Crippen molar-refractivity contribution in [1.29, 1.82) is 0 Å². The highest BCUT2D eigenvalue weighted by molar-refractivity contribution is 9.10. The third-order valence-electron chi connectivity index (χ3n) is 2.81. The lowest BCUT2D eigenvalue weighted by molar-refractivity contribution is -0.118. The molecule has 116 valence electrons. The zero-order chi connectivity index (χ0) is 16.3. The Bertz CT molecular complexity index is 728. The first-order valence-corrected chi connectivity index (χ1v) is 8.15. The summed E-state index contributed by atoms with van der Waals surface area (Å²) in [5, 5.41) is 3.04. The van der Waals surface area contributed by atoms with Crippen molar-refractivity contribution in [3.05, 3.63) is 38.8 Å². The number of aryl methyl sites for hydroxylation is 2. The summed E-state index contributed by atoms with van der Waals surface area (Å²) in [4.78, 5) is 28.0. The fourth-order valence-corrected chi connectivity index (χ4v) is 3.28. The summed E-state index contributed by atoms with van der Waals surface area (Å²) in [5.41, 5.74) is 1.72. The van der Waals surface area contributed by atoms with Gasteiger partial charge in [-0.25, -0.2) is 4.98 Å². The van der Waals surface area contributed by atoms with E-state index in [1.807, 2.05) is 19.1 Å². The van der Waals surface area contributed by atoms with E-state index in [1.54, 1.807) is 13.0 Å². The molecule has 0 radical (unpaired) electrons. The number of Topliss-reactive ketones (excluding diaryl/α,β-unsaturated/α-hetero) is 1. The lowest BCUT2D eigenvalue weighted by Gasteiger charge is -2.08. The SMILES string of the molecule is CC(=O)c1sc(NC(=O)COc2ccc(C)cc2Br)nc1C. The Hall–Kier alpha value is -1.73. The third-order valence-corrected chi connectivity index (χ3v) is 4.60. The topological polar surface area (TPSA) is 68.3 Å². The van der Waals surface area contributed by atoms with Crippen molar-refractivity contribution < 1.29 is 14.3 Å². The Morgan fingerprint density at radius 2 is 2.09 bits per heavy atom. The molecule has 0 bridgehead atoms. The smallest absolute Gasteiger partial charge is 0.264 e. The number of ether oxygens (including phenoxy) is 1. The van der Waals surface area contributed by atoms with Crippen LogP contribution in [0.5, 0.6) is 5.75 Å². The van der Waals surface area contributed by atoms with Crippen LogP contribution in [0.4, 0.5) is 5.13 Å². The second-order valence-electron chi connectivity index (χ2n) is 4.76. The molecule has 1 amide bonds. The van der Waals surface area contributed by atoms with Gasteiger partial charge in [-0.1, -0.05) is 17.4 Å². The van der Waals surface area contributed by atoms with Gasteiger partial charge in [-0.3, -0.25) is 14.9 Å². The molecule has 2 aromatic rings. The number of halogens is 1. The van der Waals surface area contributed by atoms with Crippen LogP contribution in [0, 0.1) is 13.8 Å². The Labute approximate surface area is 140 Å². The summed E-state index contributed by atoms with van der Waals surface area (Å²) in [5.74, 6) is 0.215. The largest absolute Gasteiger partial charge is 0.483 e. The van der Waals surface area contributed by atoms with E-state index in [4.69, 9.17) is 4.74 Å². The molecule has 22 heavy (non-hydrogen) atoms. The van der Waals surface area contributed by atoms with Crippen LogP contribution in [0.25, 0.3) is 0 Å². The highest BCUT2D eigenvalue weighted by atomic mass is 79.9. The van der Waals surface area contributed by atoms with E-state index in [2.05, 4.69) is 26.2 Å². The van der Waals surface area contributed by atoms with Crippen molar-refractivity contribution in [3.8, 4) is 5.75 Å². The summed E-state index contributed by atoms with van der Waals surface area (Å²) >= 11 is 4.55. The number of rotatable bonds is 5. The average Bonchev–Trinajstić information content (AvgIpc) is 2.78. The molecular formula is C15H15BrN2O3S. The molecule has 0 aliphatic carbocycles. The fourth-order valence-electron chi connectivity index (χ4n) is 1.80. The van der Waals surface area contributed by atoms with Gasteiger partial charge in [0.05, 0.1) is 15.0 Å². The molecule has 0 unspecified atom stereocenters. The van der Waals surface area contributed by atoms with Crippen molar-refractivity contribution in [2.75, 3.05) is 11.9 Å². The molecule has 1 aromatic heterocycles. The lowest BCUT2D eigenvalue weighted by Crippen LogP contribution is -2.20. The Morgan fingerprint density at radius 3 is 2.68 bits per heavy atom. The second-order valence-corrected chi connectivity index (χ2v) is 6.61. The highest BCUT2D eigenvalue weighted by Gasteiger charge is 2.14. The molecule has 2 rings (SSSR count). The monoisotopic (exact) mass is 382 g/mol. The maximum absolute atomic E-state index is 11.9. The first kappa shape index (κ1) is 16.6. The van der Waals surface area contributed by atoms with Gasteiger partial charge in [-0.2, -0.15) is 0 Å². The minimum absolute atomic E-state index is 0.0599. The summed E-state index contributed by atoms with van der Waals surface area (Å²) in [6.07, 6.45) is 0. The Morgan fingerprint density at radius 1 is 1.36 bits per heavy atom. The van der Waals surface area contributed by atoms with Crippen LogP contribution in [0.3, 0.4) is 0 Å². The predicted molar refractivity (Wildman–Crippen MR) is 89.9 cm³/mol. The number of hydrogen-bond acceptors (Lipinski definition) is 5. The van der Waals surface area contributed by atoms with Gasteiger partial charge in [0.1, 0.15) is 5.75 Å². The van der Waals surface area contributed by atoms with Crippen LogP contribution in [0.1, 0.15) is 27.9 Å². The number of thiazole rings is 1. The number of nitrogens with zero attached hydrogens (tertiary/aromatic N) is 1.